The van der Waals surface area contributed by atoms with Crippen LogP contribution in [-0.4, -0.2) is 47.6 Å². The Hall–Kier alpha value is -3.09. The SMILES string of the molecule is CCOC(=O)N1CCC(NC(=O)c2ccc(Nc3cc(C)ccc3C)nc2)CC1. The average Bonchev–Trinajstić information content (AvgIpc) is 2.72. The van der Waals surface area contributed by atoms with Gasteiger partial charge in [-0.3, -0.25) is 4.79 Å². The van der Waals surface area contributed by atoms with Crippen molar-refractivity contribution in [3.8, 4) is 0 Å². The Kier molecular flexibility index (Phi) is 6.69. The van der Waals surface area contributed by atoms with Gasteiger partial charge in [-0.15, -0.1) is 0 Å². The van der Waals surface area contributed by atoms with Gasteiger partial charge in [-0.05, 0) is 62.9 Å². The number of ether oxygens (including phenoxy) is 1. The number of carbonyl (C=O) groups excluding carboxylic acids is 2. The maximum absolute atomic E-state index is 12.5. The number of rotatable bonds is 5. The first-order valence-corrected chi connectivity index (χ1v) is 9.99. The van der Waals surface area contributed by atoms with Crippen LogP contribution in [0.5, 0.6) is 0 Å². The fourth-order valence-corrected chi connectivity index (χ4v) is 3.30. The molecule has 0 saturated carbocycles. The third-order valence-electron chi connectivity index (χ3n) is 5.04. The number of aryl methyl sites for hydroxylation is 2. The monoisotopic (exact) mass is 396 g/mol. The summed E-state index contributed by atoms with van der Waals surface area (Å²) in [6.45, 7) is 7.42. The number of amides is 2. The van der Waals surface area contributed by atoms with E-state index in [9.17, 15) is 9.59 Å². The zero-order valence-corrected chi connectivity index (χ0v) is 17.2. The summed E-state index contributed by atoms with van der Waals surface area (Å²) >= 11 is 0. The Morgan fingerprint density at radius 1 is 1.17 bits per heavy atom. The minimum absolute atomic E-state index is 0.0425. The Bertz CT molecular complexity index is 859. The molecule has 0 aliphatic carbocycles. The van der Waals surface area contributed by atoms with Crippen molar-refractivity contribution in [2.24, 2.45) is 0 Å². The Morgan fingerprint density at radius 2 is 1.93 bits per heavy atom. The number of aromatic nitrogens is 1. The number of nitrogens with zero attached hydrogens (tertiary/aromatic N) is 2. The van der Waals surface area contributed by atoms with Crippen LogP contribution < -0.4 is 10.6 Å². The lowest BCUT2D eigenvalue weighted by molar-refractivity contribution is 0.0860. The summed E-state index contributed by atoms with van der Waals surface area (Å²) in [6, 6.07) is 9.82. The second-order valence-electron chi connectivity index (χ2n) is 7.31. The van der Waals surface area contributed by atoms with Crippen molar-refractivity contribution < 1.29 is 14.3 Å². The predicted molar refractivity (Wildman–Crippen MR) is 113 cm³/mol. The van der Waals surface area contributed by atoms with E-state index >= 15 is 0 Å². The molecule has 1 aliphatic rings. The highest BCUT2D eigenvalue weighted by Gasteiger charge is 2.24. The number of carbonyl (C=O) groups is 2. The fraction of sp³-hybridized carbons (Fsp3) is 0.409. The van der Waals surface area contributed by atoms with Crippen LogP contribution >= 0.6 is 0 Å². The summed E-state index contributed by atoms with van der Waals surface area (Å²) in [5.74, 6) is 0.545. The summed E-state index contributed by atoms with van der Waals surface area (Å²) in [7, 11) is 0. The largest absolute Gasteiger partial charge is 0.450 e. The molecule has 7 nitrogen and oxygen atoms in total. The Morgan fingerprint density at radius 3 is 2.59 bits per heavy atom. The van der Waals surface area contributed by atoms with Crippen molar-refractivity contribution in [3.63, 3.8) is 0 Å². The van der Waals surface area contributed by atoms with Gasteiger partial charge in [-0.1, -0.05) is 12.1 Å². The number of nitrogens with one attached hydrogen (secondary N) is 2. The molecule has 3 rings (SSSR count). The first kappa shape index (κ1) is 20.6. The normalized spacial score (nSPS) is 14.4. The maximum atomic E-state index is 12.5. The number of hydrogen-bond donors (Lipinski definition) is 2. The highest BCUT2D eigenvalue weighted by Crippen LogP contribution is 2.21. The van der Waals surface area contributed by atoms with Crippen molar-refractivity contribution in [3.05, 3.63) is 53.2 Å². The van der Waals surface area contributed by atoms with Crippen LogP contribution in [-0.2, 0) is 4.74 Å². The molecule has 1 aliphatic heterocycles. The van der Waals surface area contributed by atoms with E-state index < -0.39 is 0 Å². The molecule has 2 heterocycles. The van der Waals surface area contributed by atoms with Crippen molar-refractivity contribution in [2.75, 3.05) is 25.0 Å². The molecule has 7 heteroatoms. The van der Waals surface area contributed by atoms with Crippen LogP contribution in [0.3, 0.4) is 0 Å². The molecule has 1 saturated heterocycles. The number of benzene rings is 1. The van der Waals surface area contributed by atoms with Crippen LogP contribution in [0, 0.1) is 13.8 Å². The van der Waals surface area contributed by atoms with Crippen LogP contribution in [0.15, 0.2) is 36.5 Å². The molecule has 0 spiro atoms. The zero-order chi connectivity index (χ0) is 20.8. The summed E-state index contributed by atoms with van der Waals surface area (Å²) in [5.41, 5.74) is 3.82. The molecule has 1 aromatic carbocycles. The van der Waals surface area contributed by atoms with Gasteiger partial charge in [-0.2, -0.15) is 0 Å². The third kappa shape index (κ3) is 5.47. The number of likely N-dealkylation sites (tertiary alicyclic amines) is 1. The fourth-order valence-electron chi connectivity index (χ4n) is 3.30. The molecule has 154 valence electrons. The number of hydrogen-bond acceptors (Lipinski definition) is 5. The van der Waals surface area contributed by atoms with E-state index in [-0.39, 0.29) is 18.0 Å². The quantitative estimate of drug-likeness (QED) is 0.803. The topological polar surface area (TPSA) is 83.6 Å². The van der Waals surface area contributed by atoms with E-state index in [2.05, 4.69) is 33.8 Å². The lowest BCUT2D eigenvalue weighted by Crippen LogP contribution is -2.46. The van der Waals surface area contributed by atoms with E-state index in [1.54, 1.807) is 30.2 Å². The minimum atomic E-state index is -0.284. The van der Waals surface area contributed by atoms with Gasteiger partial charge in [0.2, 0.25) is 0 Å². The van der Waals surface area contributed by atoms with Gasteiger partial charge in [0.1, 0.15) is 5.82 Å². The lowest BCUT2D eigenvalue weighted by atomic mass is 10.0. The molecule has 1 aromatic heterocycles. The zero-order valence-electron chi connectivity index (χ0n) is 17.2. The molecule has 2 amide bonds. The maximum Gasteiger partial charge on any atom is 0.409 e. The smallest absolute Gasteiger partial charge is 0.409 e. The van der Waals surface area contributed by atoms with Gasteiger partial charge in [0, 0.05) is 31.0 Å². The van der Waals surface area contributed by atoms with Crippen LogP contribution in [0.1, 0.15) is 41.3 Å². The molecular formula is C22H28N4O3. The summed E-state index contributed by atoms with van der Waals surface area (Å²) in [4.78, 5) is 30.3. The molecule has 29 heavy (non-hydrogen) atoms. The Balaban J connectivity index is 1.53. The van der Waals surface area contributed by atoms with Crippen molar-refractivity contribution >= 4 is 23.5 Å². The average molecular weight is 396 g/mol. The van der Waals surface area contributed by atoms with Crippen LogP contribution in [0.2, 0.25) is 0 Å². The van der Waals surface area contributed by atoms with Crippen molar-refractivity contribution in [1.82, 2.24) is 15.2 Å². The van der Waals surface area contributed by atoms with Gasteiger partial charge < -0.3 is 20.3 Å². The first-order chi connectivity index (χ1) is 14.0. The summed E-state index contributed by atoms with van der Waals surface area (Å²) in [6.07, 6.45) is 2.72. The molecule has 2 N–H and O–H groups in total. The Labute approximate surface area is 171 Å². The highest BCUT2D eigenvalue weighted by atomic mass is 16.6. The predicted octanol–water partition coefficient (Wildman–Crippen LogP) is 3.79. The lowest BCUT2D eigenvalue weighted by Gasteiger charge is -2.31. The third-order valence-corrected chi connectivity index (χ3v) is 5.04. The van der Waals surface area contributed by atoms with E-state index in [0.29, 0.717) is 43.9 Å². The molecule has 0 radical (unpaired) electrons. The summed E-state index contributed by atoms with van der Waals surface area (Å²) < 4.78 is 5.02. The van der Waals surface area contributed by atoms with Crippen molar-refractivity contribution in [1.29, 1.82) is 0 Å². The summed E-state index contributed by atoms with van der Waals surface area (Å²) in [5, 5.41) is 6.33. The van der Waals surface area contributed by atoms with Gasteiger partial charge in [0.25, 0.3) is 5.91 Å². The van der Waals surface area contributed by atoms with Gasteiger partial charge in [0.15, 0.2) is 0 Å². The van der Waals surface area contributed by atoms with Crippen LogP contribution in [0.25, 0.3) is 0 Å². The van der Waals surface area contributed by atoms with Crippen molar-refractivity contribution in [2.45, 2.75) is 39.7 Å². The molecule has 0 unspecified atom stereocenters. The second-order valence-corrected chi connectivity index (χ2v) is 7.31. The minimum Gasteiger partial charge on any atom is -0.450 e. The number of anilines is 2. The highest BCUT2D eigenvalue weighted by molar-refractivity contribution is 5.94. The van der Waals surface area contributed by atoms with E-state index in [1.165, 1.54) is 5.56 Å². The second kappa shape index (κ2) is 9.41. The number of piperidine rings is 1. The van der Waals surface area contributed by atoms with E-state index in [0.717, 1.165) is 11.3 Å². The van der Waals surface area contributed by atoms with Crippen LogP contribution in [0.4, 0.5) is 16.3 Å². The molecule has 0 atom stereocenters. The standard InChI is InChI=1S/C22H28N4O3/c1-4-29-22(28)26-11-9-18(10-12-26)24-21(27)17-7-8-20(23-14-17)25-19-13-15(2)5-6-16(19)3/h5-8,13-14,18H,4,9-12H2,1-3H3,(H,23,25)(H,24,27). The molecule has 0 bridgehead atoms. The van der Waals surface area contributed by atoms with E-state index in [4.69, 9.17) is 4.74 Å². The van der Waals surface area contributed by atoms with Gasteiger partial charge >= 0.3 is 6.09 Å². The van der Waals surface area contributed by atoms with E-state index in [1.807, 2.05) is 13.8 Å². The molecule has 2 aromatic rings. The van der Waals surface area contributed by atoms with Gasteiger partial charge in [0.05, 0.1) is 12.2 Å². The molecular weight excluding hydrogens is 368 g/mol. The van der Waals surface area contributed by atoms with Gasteiger partial charge in [-0.25, -0.2) is 9.78 Å². The first-order valence-electron chi connectivity index (χ1n) is 9.99. The molecule has 1 fully saturated rings. The number of pyridine rings is 1.